The molecule has 3 nitrogen and oxygen atoms in total. The highest BCUT2D eigenvalue weighted by molar-refractivity contribution is 4.98. The number of nitrogens with two attached hydrogens (primary N) is 1. The molecule has 2 atom stereocenters. The maximum Gasteiger partial charge on any atom is 0.0307 e. The van der Waals surface area contributed by atoms with Crippen LogP contribution in [0.2, 0.25) is 0 Å². The summed E-state index contributed by atoms with van der Waals surface area (Å²) in [7, 11) is 0. The number of hydrogen-bond donors (Lipinski definition) is 1. The van der Waals surface area contributed by atoms with Gasteiger partial charge in [-0.15, -0.1) is 0 Å². The first-order chi connectivity index (χ1) is 8.21. The predicted octanol–water partition coefficient (Wildman–Crippen LogP) is 1.28. The summed E-state index contributed by atoms with van der Waals surface area (Å²) in [5, 5.41) is 0. The van der Waals surface area contributed by atoms with Crippen molar-refractivity contribution in [2.24, 2.45) is 11.7 Å². The standard InChI is InChI=1S/C14H27N3/c1-14(11-15,9-12-4-5-12)17-8-7-16-6-2-3-13(16)10-17/h12-13H,2-11,15H2,1H3. The normalized spacial score (nSPS) is 34.6. The van der Waals surface area contributed by atoms with Gasteiger partial charge in [0.15, 0.2) is 0 Å². The van der Waals surface area contributed by atoms with Gasteiger partial charge in [0.25, 0.3) is 0 Å². The number of nitrogens with zero attached hydrogens (tertiary/aromatic N) is 2. The first kappa shape index (κ1) is 11.9. The summed E-state index contributed by atoms with van der Waals surface area (Å²) >= 11 is 0. The average Bonchev–Trinajstić information content (AvgIpc) is 3.02. The van der Waals surface area contributed by atoms with Gasteiger partial charge < -0.3 is 5.73 Å². The molecule has 0 radical (unpaired) electrons. The SMILES string of the molecule is CC(CN)(CC1CC1)N1CCN2CCCC2C1. The molecule has 0 spiro atoms. The van der Waals surface area contributed by atoms with E-state index in [2.05, 4.69) is 16.7 Å². The van der Waals surface area contributed by atoms with Gasteiger partial charge >= 0.3 is 0 Å². The van der Waals surface area contributed by atoms with Crippen LogP contribution in [0.15, 0.2) is 0 Å². The van der Waals surface area contributed by atoms with Crippen LogP contribution in [0.25, 0.3) is 0 Å². The van der Waals surface area contributed by atoms with Crippen LogP contribution in [0.5, 0.6) is 0 Å². The Morgan fingerprint density at radius 3 is 2.71 bits per heavy atom. The van der Waals surface area contributed by atoms with Gasteiger partial charge in [0, 0.05) is 37.8 Å². The Hall–Kier alpha value is -0.120. The molecule has 98 valence electrons. The van der Waals surface area contributed by atoms with Crippen LogP contribution in [0.3, 0.4) is 0 Å². The van der Waals surface area contributed by atoms with Crippen molar-refractivity contribution in [3.8, 4) is 0 Å². The Bertz CT molecular complexity index is 277. The fourth-order valence-corrected chi connectivity index (χ4v) is 3.77. The third-order valence-corrected chi connectivity index (χ3v) is 5.22. The highest BCUT2D eigenvalue weighted by Gasteiger charge is 2.41. The van der Waals surface area contributed by atoms with E-state index in [0.717, 1.165) is 18.5 Å². The molecule has 3 rings (SSSR count). The molecular weight excluding hydrogens is 210 g/mol. The van der Waals surface area contributed by atoms with Gasteiger partial charge in [-0.1, -0.05) is 12.8 Å². The van der Waals surface area contributed by atoms with E-state index in [1.165, 1.54) is 58.3 Å². The summed E-state index contributed by atoms with van der Waals surface area (Å²) in [5.41, 5.74) is 6.37. The van der Waals surface area contributed by atoms with Gasteiger partial charge in [-0.05, 0) is 38.6 Å². The van der Waals surface area contributed by atoms with Crippen LogP contribution in [-0.2, 0) is 0 Å². The summed E-state index contributed by atoms with van der Waals surface area (Å²) < 4.78 is 0. The first-order valence-corrected chi connectivity index (χ1v) is 7.40. The monoisotopic (exact) mass is 237 g/mol. The van der Waals surface area contributed by atoms with E-state index >= 15 is 0 Å². The van der Waals surface area contributed by atoms with Crippen LogP contribution in [0, 0.1) is 5.92 Å². The number of hydrogen-bond acceptors (Lipinski definition) is 3. The van der Waals surface area contributed by atoms with Gasteiger partial charge in [-0.3, -0.25) is 9.80 Å². The van der Waals surface area contributed by atoms with Crippen molar-refractivity contribution in [1.29, 1.82) is 0 Å². The fourth-order valence-electron chi connectivity index (χ4n) is 3.77. The second-order valence-corrected chi connectivity index (χ2v) is 6.63. The highest BCUT2D eigenvalue weighted by Crippen LogP contribution is 2.39. The molecule has 3 heteroatoms. The second kappa shape index (κ2) is 4.52. The van der Waals surface area contributed by atoms with Crippen LogP contribution in [0.4, 0.5) is 0 Å². The van der Waals surface area contributed by atoms with Crippen molar-refractivity contribution in [1.82, 2.24) is 9.80 Å². The molecule has 2 N–H and O–H groups in total. The Balaban J connectivity index is 1.64. The van der Waals surface area contributed by atoms with Crippen molar-refractivity contribution >= 4 is 0 Å². The quantitative estimate of drug-likeness (QED) is 0.799. The molecular formula is C14H27N3. The van der Waals surface area contributed by atoms with Crippen LogP contribution in [-0.4, -0.2) is 54.1 Å². The first-order valence-electron chi connectivity index (χ1n) is 7.40. The fraction of sp³-hybridized carbons (Fsp3) is 1.00. The van der Waals surface area contributed by atoms with Crippen molar-refractivity contribution in [3.05, 3.63) is 0 Å². The van der Waals surface area contributed by atoms with Gasteiger partial charge in [-0.25, -0.2) is 0 Å². The average molecular weight is 237 g/mol. The minimum atomic E-state index is 0.274. The van der Waals surface area contributed by atoms with Crippen molar-refractivity contribution < 1.29 is 0 Å². The number of piperazine rings is 1. The summed E-state index contributed by atoms with van der Waals surface area (Å²) in [6.07, 6.45) is 7.02. The second-order valence-electron chi connectivity index (χ2n) is 6.63. The summed E-state index contributed by atoms with van der Waals surface area (Å²) in [6, 6.07) is 0.828. The maximum absolute atomic E-state index is 6.10. The largest absolute Gasteiger partial charge is 0.329 e. The van der Waals surface area contributed by atoms with Gasteiger partial charge in [0.05, 0.1) is 0 Å². The van der Waals surface area contributed by atoms with E-state index in [1.807, 2.05) is 0 Å². The van der Waals surface area contributed by atoms with Crippen LogP contribution < -0.4 is 5.73 Å². The zero-order chi connectivity index (χ0) is 11.9. The van der Waals surface area contributed by atoms with E-state index in [-0.39, 0.29) is 5.54 Å². The molecule has 0 amide bonds. The minimum Gasteiger partial charge on any atom is -0.329 e. The Labute approximate surface area is 105 Å². The van der Waals surface area contributed by atoms with Crippen LogP contribution >= 0.6 is 0 Å². The lowest BCUT2D eigenvalue weighted by Crippen LogP contribution is -2.60. The molecule has 0 aromatic heterocycles. The molecule has 2 heterocycles. The maximum atomic E-state index is 6.10. The topological polar surface area (TPSA) is 32.5 Å². The zero-order valence-corrected chi connectivity index (χ0v) is 11.2. The third-order valence-electron chi connectivity index (χ3n) is 5.22. The molecule has 1 saturated carbocycles. The predicted molar refractivity (Wildman–Crippen MR) is 71.0 cm³/mol. The van der Waals surface area contributed by atoms with Crippen molar-refractivity contribution in [2.75, 3.05) is 32.7 Å². The summed E-state index contributed by atoms with van der Waals surface area (Å²) in [5.74, 6) is 0.977. The zero-order valence-electron chi connectivity index (χ0n) is 11.2. The third kappa shape index (κ3) is 2.38. The minimum absolute atomic E-state index is 0.274. The van der Waals surface area contributed by atoms with E-state index < -0.39 is 0 Å². The highest BCUT2D eigenvalue weighted by atomic mass is 15.3. The molecule has 17 heavy (non-hydrogen) atoms. The summed E-state index contributed by atoms with van der Waals surface area (Å²) in [6.45, 7) is 8.33. The molecule has 3 fully saturated rings. The molecule has 2 aliphatic heterocycles. The Kier molecular flexibility index (Phi) is 3.18. The molecule has 2 saturated heterocycles. The Morgan fingerprint density at radius 1 is 1.18 bits per heavy atom. The molecule has 2 unspecified atom stereocenters. The van der Waals surface area contributed by atoms with E-state index in [9.17, 15) is 0 Å². The lowest BCUT2D eigenvalue weighted by Gasteiger charge is -2.47. The van der Waals surface area contributed by atoms with Crippen LogP contribution in [0.1, 0.15) is 39.0 Å². The van der Waals surface area contributed by atoms with E-state index in [1.54, 1.807) is 0 Å². The molecule has 0 aromatic carbocycles. The molecule has 1 aliphatic carbocycles. The number of fused-ring (bicyclic) bond motifs is 1. The van der Waals surface area contributed by atoms with E-state index in [4.69, 9.17) is 5.73 Å². The lowest BCUT2D eigenvalue weighted by atomic mass is 9.91. The Morgan fingerprint density at radius 2 is 2.00 bits per heavy atom. The van der Waals surface area contributed by atoms with Gasteiger partial charge in [-0.2, -0.15) is 0 Å². The molecule has 0 aromatic rings. The van der Waals surface area contributed by atoms with Gasteiger partial charge in [0.2, 0.25) is 0 Å². The van der Waals surface area contributed by atoms with Gasteiger partial charge in [0.1, 0.15) is 0 Å². The summed E-state index contributed by atoms with van der Waals surface area (Å²) in [4.78, 5) is 5.39. The lowest BCUT2D eigenvalue weighted by molar-refractivity contribution is 0.0200. The molecule has 3 aliphatic rings. The number of rotatable bonds is 4. The molecule has 0 bridgehead atoms. The van der Waals surface area contributed by atoms with E-state index in [0.29, 0.717) is 0 Å². The van der Waals surface area contributed by atoms with Crippen molar-refractivity contribution in [2.45, 2.75) is 50.6 Å². The van der Waals surface area contributed by atoms with Crippen molar-refractivity contribution in [3.63, 3.8) is 0 Å². The smallest absolute Gasteiger partial charge is 0.0307 e.